The topological polar surface area (TPSA) is 65.1 Å². The molecule has 0 atom stereocenters. The van der Waals surface area contributed by atoms with E-state index in [-0.39, 0.29) is 12.5 Å². The number of piperazine rings is 1. The number of nitrogens with zero attached hydrogens (tertiary/aromatic N) is 3. The fourth-order valence-corrected chi connectivity index (χ4v) is 3.99. The molecule has 1 N–H and O–H groups in total. The van der Waals surface area contributed by atoms with Crippen molar-refractivity contribution in [1.82, 2.24) is 14.7 Å². The second kappa shape index (κ2) is 18.9. The van der Waals surface area contributed by atoms with Crippen LogP contribution in [0.5, 0.6) is 5.75 Å². The van der Waals surface area contributed by atoms with Crippen LogP contribution in [0.15, 0.2) is 24.8 Å². The molecule has 34 heavy (non-hydrogen) atoms. The lowest BCUT2D eigenvalue weighted by Crippen LogP contribution is -2.62. The lowest BCUT2D eigenvalue weighted by molar-refractivity contribution is -0.131. The van der Waals surface area contributed by atoms with Crippen molar-refractivity contribution in [3.05, 3.63) is 35.4 Å². The number of hydrogen-bond donors (Lipinski definition) is 3. The molecule has 2 aliphatic heterocycles. The number of hydrogen-bond acceptors (Lipinski definition) is 8. The average molecular weight is 533 g/mol. The SMILES string of the molecule is C=CC=O.CC.CCc1cc(OC)c(NCC(=O)N2CCN(C3CN(C)C3)CC2)cc1Cl.SS. The molecule has 0 radical (unpaired) electrons. The van der Waals surface area contributed by atoms with Crippen molar-refractivity contribution >= 4 is 52.8 Å². The standard InChI is InChI=1S/C19H29ClN4O2.C3H4O.C2H6.H2S2/c1-4-14-9-18(26-3)17(10-16(14)20)21-11-19(25)24-7-5-23(6-8-24)15-12-22(2)13-15;1-2-3-4;2*1-2/h9-10,15,21H,4-8,11-13H2,1-3H3;2-3H,1H2;1-2H3;1-2H. The van der Waals surface area contributed by atoms with Crippen molar-refractivity contribution in [2.45, 2.75) is 33.2 Å². The van der Waals surface area contributed by atoms with Crippen LogP contribution in [0.3, 0.4) is 0 Å². The van der Waals surface area contributed by atoms with Gasteiger partial charge in [0.05, 0.1) is 19.3 Å². The Kier molecular flexibility index (Phi) is 18.1. The number of aryl methyl sites for hydroxylation is 1. The van der Waals surface area contributed by atoms with E-state index in [1.807, 2.05) is 30.9 Å². The molecule has 0 saturated carbocycles. The summed E-state index contributed by atoms with van der Waals surface area (Å²) in [5, 5.41) is 3.89. The zero-order valence-corrected chi connectivity index (χ0v) is 23.6. The minimum atomic E-state index is 0.119. The maximum absolute atomic E-state index is 12.6. The van der Waals surface area contributed by atoms with E-state index in [9.17, 15) is 4.79 Å². The van der Waals surface area contributed by atoms with Gasteiger partial charge in [-0.05, 0) is 37.2 Å². The number of carbonyl (C=O) groups excluding carboxylic acids is 2. The van der Waals surface area contributed by atoms with E-state index in [2.05, 4.69) is 59.0 Å². The molecule has 194 valence electrons. The predicted molar refractivity (Wildman–Crippen MR) is 151 cm³/mol. The smallest absolute Gasteiger partial charge is 0.241 e. The molecular formula is C24H41ClN4O3S2. The van der Waals surface area contributed by atoms with Crippen molar-refractivity contribution in [3.63, 3.8) is 0 Å². The van der Waals surface area contributed by atoms with Gasteiger partial charge in [0, 0.05) is 50.3 Å². The van der Waals surface area contributed by atoms with Crippen molar-refractivity contribution in [2.75, 3.05) is 65.3 Å². The summed E-state index contributed by atoms with van der Waals surface area (Å²) < 4.78 is 5.43. The number of nitrogens with one attached hydrogen (secondary N) is 1. The Morgan fingerprint density at radius 3 is 2.24 bits per heavy atom. The van der Waals surface area contributed by atoms with E-state index in [0.717, 1.165) is 62.7 Å². The summed E-state index contributed by atoms with van der Waals surface area (Å²) in [7, 11) is 3.78. The van der Waals surface area contributed by atoms with E-state index in [4.69, 9.17) is 21.1 Å². The molecule has 1 amide bonds. The molecule has 2 aliphatic rings. The van der Waals surface area contributed by atoms with Gasteiger partial charge in [-0.25, -0.2) is 0 Å². The Bertz CT molecular complexity index is 735. The Morgan fingerprint density at radius 2 is 1.79 bits per heavy atom. The molecule has 0 unspecified atom stereocenters. The van der Waals surface area contributed by atoms with E-state index in [0.29, 0.717) is 17.4 Å². The van der Waals surface area contributed by atoms with Gasteiger partial charge in [0.1, 0.15) is 12.0 Å². The maximum Gasteiger partial charge on any atom is 0.241 e. The largest absolute Gasteiger partial charge is 0.495 e. The van der Waals surface area contributed by atoms with Crippen molar-refractivity contribution < 1.29 is 14.3 Å². The molecule has 7 nitrogen and oxygen atoms in total. The Labute approximate surface area is 221 Å². The van der Waals surface area contributed by atoms with E-state index in [1.165, 1.54) is 6.08 Å². The summed E-state index contributed by atoms with van der Waals surface area (Å²) in [6.45, 7) is 15.2. The number of likely N-dealkylation sites (N-methyl/N-ethyl adjacent to an activating group) is 1. The number of allylic oxidation sites excluding steroid dienone is 1. The van der Waals surface area contributed by atoms with Crippen LogP contribution >= 0.6 is 34.9 Å². The van der Waals surface area contributed by atoms with Gasteiger partial charge in [0.2, 0.25) is 5.91 Å². The number of anilines is 1. The van der Waals surface area contributed by atoms with Gasteiger partial charge in [0.25, 0.3) is 0 Å². The van der Waals surface area contributed by atoms with Crippen molar-refractivity contribution in [2.24, 2.45) is 0 Å². The van der Waals surface area contributed by atoms with Gasteiger partial charge in [-0.2, -0.15) is 0 Å². The highest BCUT2D eigenvalue weighted by Crippen LogP contribution is 2.31. The lowest BCUT2D eigenvalue weighted by Gasteiger charge is -2.46. The molecule has 1 aromatic carbocycles. The summed E-state index contributed by atoms with van der Waals surface area (Å²) >= 11 is 12.7. The highest BCUT2D eigenvalue weighted by atomic mass is 35.5. The molecule has 0 spiro atoms. The fraction of sp³-hybridized carbons (Fsp3) is 0.583. The third-order valence-corrected chi connectivity index (χ3v) is 5.86. The number of likely N-dealkylation sites (tertiary alicyclic amines) is 1. The Morgan fingerprint density at radius 1 is 1.24 bits per heavy atom. The first-order chi connectivity index (χ1) is 16.4. The highest BCUT2D eigenvalue weighted by molar-refractivity contribution is 8.59. The first kappa shape index (κ1) is 32.6. The maximum atomic E-state index is 12.6. The fourth-order valence-electron chi connectivity index (χ4n) is 3.69. The molecular weight excluding hydrogens is 492 g/mol. The first-order valence-corrected chi connectivity index (χ1v) is 13.5. The number of carbonyl (C=O) groups is 2. The number of halogens is 1. The van der Waals surface area contributed by atoms with Gasteiger partial charge in [-0.1, -0.05) is 39.0 Å². The molecule has 3 rings (SSSR count). The number of ether oxygens (including phenoxy) is 1. The van der Waals surface area contributed by atoms with Crippen LogP contribution in [0.2, 0.25) is 5.02 Å². The van der Waals surface area contributed by atoms with Crippen molar-refractivity contribution in [1.29, 1.82) is 0 Å². The average Bonchev–Trinajstić information content (AvgIpc) is 2.88. The van der Waals surface area contributed by atoms with Crippen LogP contribution in [-0.4, -0.2) is 92.9 Å². The molecule has 0 bridgehead atoms. The van der Waals surface area contributed by atoms with Crippen LogP contribution < -0.4 is 10.1 Å². The monoisotopic (exact) mass is 532 g/mol. The minimum absolute atomic E-state index is 0.119. The Balaban J connectivity index is 0.00000121. The first-order valence-electron chi connectivity index (χ1n) is 11.5. The van der Waals surface area contributed by atoms with Crippen LogP contribution in [0.1, 0.15) is 26.3 Å². The quantitative estimate of drug-likeness (QED) is 0.214. The van der Waals surface area contributed by atoms with Crippen LogP contribution in [0.25, 0.3) is 0 Å². The van der Waals surface area contributed by atoms with Gasteiger partial charge in [-0.3, -0.25) is 14.5 Å². The summed E-state index contributed by atoms with van der Waals surface area (Å²) in [6, 6.07) is 4.44. The summed E-state index contributed by atoms with van der Waals surface area (Å²) in [6.07, 6.45) is 2.68. The van der Waals surface area contributed by atoms with Gasteiger partial charge < -0.3 is 19.9 Å². The Hall–Kier alpha value is -1.39. The minimum Gasteiger partial charge on any atom is -0.495 e. The van der Waals surface area contributed by atoms with E-state index < -0.39 is 0 Å². The molecule has 1 aromatic rings. The highest BCUT2D eigenvalue weighted by Gasteiger charge is 2.32. The predicted octanol–water partition coefficient (Wildman–Crippen LogP) is 3.94. The summed E-state index contributed by atoms with van der Waals surface area (Å²) in [5.74, 6) is 0.839. The van der Waals surface area contributed by atoms with Gasteiger partial charge in [0.15, 0.2) is 0 Å². The number of amides is 1. The number of rotatable bonds is 7. The van der Waals surface area contributed by atoms with E-state index in [1.54, 1.807) is 7.11 Å². The van der Waals surface area contributed by atoms with Crippen LogP contribution in [0.4, 0.5) is 5.69 Å². The second-order valence-corrected chi connectivity index (χ2v) is 7.92. The molecule has 10 heteroatoms. The van der Waals surface area contributed by atoms with Gasteiger partial charge >= 0.3 is 0 Å². The zero-order chi connectivity index (χ0) is 26.1. The normalized spacial score (nSPS) is 15.7. The number of thiol groups is 2. The molecule has 0 aromatic heterocycles. The number of benzene rings is 1. The van der Waals surface area contributed by atoms with Gasteiger partial charge in [-0.15, -0.1) is 23.3 Å². The van der Waals surface area contributed by atoms with Crippen LogP contribution in [-0.2, 0) is 16.0 Å². The third-order valence-electron chi connectivity index (χ3n) is 5.50. The molecule has 0 aliphatic carbocycles. The van der Waals surface area contributed by atoms with Crippen LogP contribution in [0, 0.1) is 0 Å². The molecule has 2 fully saturated rings. The zero-order valence-electron chi connectivity index (χ0n) is 21.1. The number of methoxy groups -OCH3 is 1. The number of aldehydes is 1. The second-order valence-electron chi connectivity index (χ2n) is 7.51. The summed E-state index contributed by atoms with van der Waals surface area (Å²) in [4.78, 5) is 28.4. The lowest BCUT2D eigenvalue weighted by atomic mass is 10.1. The summed E-state index contributed by atoms with van der Waals surface area (Å²) in [5.41, 5.74) is 1.80. The van der Waals surface area contributed by atoms with Crippen molar-refractivity contribution in [3.8, 4) is 5.75 Å². The third kappa shape index (κ3) is 10.5. The molecule has 2 saturated heterocycles. The molecule has 2 heterocycles. The van der Waals surface area contributed by atoms with E-state index >= 15 is 0 Å².